The van der Waals surface area contributed by atoms with Gasteiger partial charge in [0.2, 0.25) is 5.91 Å². The highest BCUT2D eigenvalue weighted by atomic mass is 16.5. The van der Waals surface area contributed by atoms with Crippen molar-refractivity contribution in [2.45, 2.75) is 64.5 Å². The average Bonchev–Trinajstić information content (AvgIpc) is 3.40. The van der Waals surface area contributed by atoms with Crippen molar-refractivity contribution in [3.05, 3.63) is 23.8 Å². The van der Waals surface area contributed by atoms with Crippen LogP contribution in [0.25, 0.3) is 0 Å². The van der Waals surface area contributed by atoms with E-state index < -0.39 is 0 Å². The van der Waals surface area contributed by atoms with Gasteiger partial charge >= 0.3 is 0 Å². The standard InChI is InChI=1S/C31H51N3O6/c1-22(2)34(31(36)24-10-13-28(39-6)29(17-24)40-15-7-14-37-4)21-26-19-32-18-25(26)20-33(3)30(35)16-23-8-11-27(38-5)12-9-23/h10,13,17,22-23,25-27,32H,7-9,11-12,14-16,18-21H2,1-6H3/t23?,25-,26-,27?/m0/s1. The van der Waals surface area contributed by atoms with Crippen LogP contribution < -0.4 is 14.8 Å². The number of amides is 2. The summed E-state index contributed by atoms with van der Waals surface area (Å²) in [6, 6.07) is 5.40. The molecule has 226 valence electrons. The Labute approximate surface area is 240 Å². The zero-order valence-corrected chi connectivity index (χ0v) is 25.4. The zero-order chi connectivity index (χ0) is 29.1. The first-order valence-electron chi connectivity index (χ1n) is 14.9. The predicted octanol–water partition coefficient (Wildman–Crippen LogP) is 3.85. The molecule has 1 aromatic carbocycles. The lowest BCUT2D eigenvalue weighted by atomic mass is 9.85. The Kier molecular flexibility index (Phi) is 13.0. The molecule has 40 heavy (non-hydrogen) atoms. The Morgan fingerprint density at radius 2 is 1.68 bits per heavy atom. The van der Waals surface area contributed by atoms with Gasteiger partial charge in [-0.1, -0.05) is 0 Å². The van der Waals surface area contributed by atoms with Gasteiger partial charge in [-0.15, -0.1) is 0 Å². The number of nitrogens with one attached hydrogen (secondary N) is 1. The van der Waals surface area contributed by atoms with Crippen LogP contribution in [0, 0.1) is 17.8 Å². The first-order chi connectivity index (χ1) is 19.3. The summed E-state index contributed by atoms with van der Waals surface area (Å²) in [4.78, 5) is 30.6. The normalized spacial score (nSPS) is 22.8. The number of carbonyl (C=O) groups excluding carboxylic acids is 2. The summed E-state index contributed by atoms with van der Waals surface area (Å²) in [5.41, 5.74) is 0.578. The number of benzene rings is 1. The van der Waals surface area contributed by atoms with E-state index in [0.29, 0.717) is 67.7 Å². The Balaban J connectivity index is 1.60. The van der Waals surface area contributed by atoms with Crippen molar-refractivity contribution in [2.24, 2.45) is 17.8 Å². The molecular formula is C31H51N3O6. The minimum absolute atomic E-state index is 0.0267. The lowest BCUT2D eigenvalue weighted by molar-refractivity contribution is -0.132. The van der Waals surface area contributed by atoms with Crippen LogP contribution in [0.3, 0.4) is 0 Å². The van der Waals surface area contributed by atoms with E-state index >= 15 is 0 Å². The first kappa shape index (κ1) is 32.2. The summed E-state index contributed by atoms with van der Waals surface area (Å²) in [6.07, 6.45) is 5.91. The number of methoxy groups -OCH3 is 3. The highest BCUT2D eigenvalue weighted by molar-refractivity contribution is 5.95. The van der Waals surface area contributed by atoms with Crippen molar-refractivity contribution in [3.8, 4) is 11.5 Å². The van der Waals surface area contributed by atoms with Gasteiger partial charge in [0.1, 0.15) is 0 Å². The quantitative estimate of drug-likeness (QED) is 0.326. The van der Waals surface area contributed by atoms with Gasteiger partial charge in [0.15, 0.2) is 11.5 Å². The monoisotopic (exact) mass is 561 g/mol. The first-order valence-corrected chi connectivity index (χ1v) is 14.9. The summed E-state index contributed by atoms with van der Waals surface area (Å²) in [6.45, 7) is 8.20. The molecule has 2 aliphatic rings. The molecule has 1 aliphatic heterocycles. The lowest BCUT2D eigenvalue weighted by Gasteiger charge is -2.33. The van der Waals surface area contributed by atoms with E-state index in [1.165, 1.54) is 0 Å². The van der Waals surface area contributed by atoms with Crippen LogP contribution in [0.15, 0.2) is 18.2 Å². The van der Waals surface area contributed by atoms with Crippen LogP contribution >= 0.6 is 0 Å². The molecule has 0 unspecified atom stereocenters. The highest BCUT2D eigenvalue weighted by Crippen LogP contribution is 2.31. The maximum Gasteiger partial charge on any atom is 0.254 e. The van der Waals surface area contributed by atoms with Crippen LogP contribution in [-0.2, 0) is 14.3 Å². The van der Waals surface area contributed by atoms with E-state index in [9.17, 15) is 9.59 Å². The SMILES string of the molecule is COCCCOc1cc(C(=O)N(C[C@@H]2CNC[C@H]2CN(C)C(=O)CC2CCC(OC)CC2)C(C)C)ccc1OC. The topological polar surface area (TPSA) is 89.6 Å². The molecule has 1 saturated carbocycles. The number of hydrogen-bond acceptors (Lipinski definition) is 7. The van der Waals surface area contributed by atoms with Gasteiger partial charge in [-0.3, -0.25) is 9.59 Å². The van der Waals surface area contributed by atoms with Crippen LogP contribution in [-0.4, -0.2) is 102 Å². The smallest absolute Gasteiger partial charge is 0.254 e. The number of nitrogens with zero attached hydrogens (tertiary/aromatic N) is 2. The van der Waals surface area contributed by atoms with E-state index in [-0.39, 0.29) is 23.8 Å². The lowest BCUT2D eigenvalue weighted by Crippen LogP contribution is -2.44. The number of carbonyl (C=O) groups is 2. The van der Waals surface area contributed by atoms with Crippen LogP contribution in [0.5, 0.6) is 11.5 Å². The van der Waals surface area contributed by atoms with Crippen LogP contribution in [0.1, 0.15) is 62.7 Å². The molecule has 2 amide bonds. The summed E-state index contributed by atoms with van der Waals surface area (Å²) in [5, 5.41) is 3.50. The summed E-state index contributed by atoms with van der Waals surface area (Å²) < 4.78 is 21.9. The fourth-order valence-corrected chi connectivity index (χ4v) is 5.90. The molecule has 0 bridgehead atoms. The maximum atomic E-state index is 13.7. The van der Waals surface area contributed by atoms with Gasteiger partial charge in [0.05, 0.1) is 19.8 Å². The number of hydrogen-bond donors (Lipinski definition) is 1. The van der Waals surface area contributed by atoms with E-state index in [2.05, 4.69) is 19.2 Å². The summed E-state index contributed by atoms with van der Waals surface area (Å²) in [7, 11) is 6.96. The molecule has 0 radical (unpaired) electrons. The number of rotatable bonds is 15. The second-order valence-electron chi connectivity index (χ2n) is 11.6. The molecule has 9 heteroatoms. The van der Waals surface area contributed by atoms with Gasteiger partial charge in [0.25, 0.3) is 5.91 Å². The van der Waals surface area contributed by atoms with Gasteiger partial charge in [-0.05, 0) is 75.5 Å². The van der Waals surface area contributed by atoms with Gasteiger partial charge in [-0.25, -0.2) is 0 Å². The van der Waals surface area contributed by atoms with Gasteiger partial charge in [-0.2, -0.15) is 0 Å². The molecule has 0 aromatic heterocycles. The summed E-state index contributed by atoms with van der Waals surface area (Å²) >= 11 is 0. The predicted molar refractivity (Wildman–Crippen MR) is 156 cm³/mol. The van der Waals surface area contributed by atoms with Crippen molar-refractivity contribution in [1.82, 2.24) is 15.1 Å². The number of ether oxygens (including phenoxy) is 4. The molecular weight excluding hydrogens is 510 g/mol. The molecule has 1 heterocycles. The van der Waals surface area contributed by atoms with E-state index in [1.54, 1.807) is 39.5 Å². The van der Waals surface area contributed by atoms with Crippen LogP contribution in [0.2, 0.25) is 0 Å². The molecule has 3 rings (SSSR count). The van der Waals surface area contributed by atoms with Gasteiger partial charge in [0, 0.05) is 78.5 Å². The minimum atomic E-state index is -0.0267. The Morgan fingerprint density at radius 3 is 2.30 bits per heavy atom. The Bertz CT molecular complexity index is 934. The molecule has 1 saturated heterocycles. The zero-order valence-electron chi connectivity index (χ0n) is 25.4. The third kappa shape index (κ3) is 9.08. The Morgan fingerprint density at radius 1 is 0.975 bits per heavy atom. The fraction of sp³-hybridized carbons (Fsp3) is 0.742. The van der Waals surface area contributed by atoms with E-state index in [1.807, 2.05) is 16.8 Å². The van der Waals surface area contributed by atoms with Crippen molar-refractivity contribution in [1.29, 1.82) is 0 Å². The molecule has 1 aliphatic carbocycles. The Hall–Kier alpha value is -2.36. The molecule has 0 spiro atoms. The molecule has 2 fully saturated rings. The second kappa shape index (κ2) is 16.2. The third-order valence-electron chi connectivity index (χ3n) is 8.48. The van der Waals surface area contributed by atoms with Gasteiger partial charge < -0.3 is 34.1 Å². The average molecular weight is 562 g/mol. The highest BCUT2D eigenvalue weighted by Gasteiger charge is 2.33. The fourth-order valence-electron chi connectivity index (χ4n) is 5.90. The summed E-state index contributed by atoms with van der Waals surface area (Å²) in [5.74, 6) is 2.37. The van der Waals surface area contributed by atoms with Crippen molar-refractivity contribution < 1.29 is 28.5 Å². The second-order valence-corrected chi connectivity index (χ2v) is 11.6. The van der Waals surface area contributed by atoms with Crippen LogP contribution in [0.4, 0.5) is 0 Å². The van der Waals surface area contributed by atoms with E-state index in [0.717, 1.165) is 45.2 Å². The van der Waals surface area contributed by atoms with Crippen molar-refractivity contribution in [3.63, 3.8) is 0 Å². The molecule has 1 N–H and O–H groups in total. The van der Waals surface area contributed by atoms with Crippen molar-refractivity contribution >= 4 is 11.8 Å². The largest absolute Gasteiger partial charge is 0.493 e. The minimum Gasteiger partial charge on any atom is -0.493 e. The molecule has 2 atom stereocenters. The third-order valence-corrected chi connectivity index (χ3v) is 8.48. The van der Waals surface area contributed by atoms with Crippen molar-refractivity contribution in [2.75, 3.05) is 67.8 Å². The molecule has 9 nitrogen and oxygen atoms in total. The molecule has 1 aromatic rings. The maximum absolute atomic E-state index is 13.7. The van der Waals surface area contributed by atoms with E-state index in [4.69, 9.17) is 18.9 Å².